The predicted molar refractivity (Wildman–Crippen MR) is 192 cm³/mol. The number of carbonyl (C=O) groups is 3. The van der Waals surface area contributed by atoms with Crippen LogP contribution in [-0.4, -0.2) is 57.3 Å². The van der Waals surface area contributed by atoms with Crippen LogP contribution in [0.15, 0.2) is 77.8 Å². The summed E-state index contributed by atoms with van der Waals surface area (Å²) in [6.45, 7) is 8.16. The molecule has 5 N–H and O–H groups in total. The van der Waals surface area contributed by atoms with E-state index in [0.29, 0.717) is 18.8 Å². The van der Waals surface area contributed by atoms with E-state index in [1.54, 1.807) is 23.0 Å². The number of nitrogens with one attached hydrogen (secondary N) is 4. The highest BCUT2D eigenvalue weighted by atomic mass is 32.1. The van der Waals surface area contributed by atoms with E-state index in [2.05, 4.69) is 45.1 Å². The molecule has 0 radical (unpaired) electrons. The minimum atomic E-state index is -1.05. The number of aromatic nitrogens is 2. The molecule has 4 unspecified atom stereocenters. The number of nitrogens with zero attached hydrogens (tertiary/aromatic N) is 2. The van der Waals surface area contributed by atoms with Crippen molar-refractivity contribution in [2.45, 2.75) is 90.3 Å². The van der Waals surface area contributed by atoms with E-state index in [1.165, 1.54) is 11.3 Å². The van der Waals surface area contributed by atoms with Gasteiger partial charge in [0.15, 0.2) is 0 Å². The molecule has 0 aliphatic carbocycles. The summed E-state index contributed by atoms with van der Waals surface area (Å²) in [6.07, 6.45) is 0.829. The normalized spacial score (nSPS) is 13.7. The summed E-state index contributed by atoms with van der Waals surface area (Å²) in [6, 6.07) is 16.7. The molecule has 0 bridgehead atoms. The van der Waals surface area contributed by atoms with Gasteiger partial charge in [0.05, 0.1) is 39.8 Å². The Balaban J connectivity index is 1.44. The molecule has 0 saturated heterocycles. The van der Waals surface area contributed by atoms with Gasteiger partial charge in [-0.15, -0.1) is 22.7 Å². The molecule has 13 heteroatoms. The van der Waals surface area contributed by atoms with Crippen LogP contribution in [0, 0.1) is 5.92 Å². The van der Waals surface area contributed by atoms with Crippen molar-refractivity contribution in [2.75, 3.05) is 0 Å². The Morgan fingerprint density at radius 3 is 2.14 bits per heavy atom. The molecule has 49 heavy (non-hydrogen) atoms. The van der Waals surface area contributed by atoms with E-state index in [4.69, 9.17) is 4.74 Å². The first-order chi connectivity index (χ1) is 23.6. The number of thiazole rings is 2. The molecule has 4 amide bonds. The Labute approximate surface area is 295 Å². The number of urea groups is 1. The van der Waals surface area contributed by atoms with Crippen LogP contribution in [-0.2, 0) is 35.5 Å². The second-order valence-electron chi connectivity index (χ2n) is 12.6. The van der Waals surface area contributed by atoms with Gasteiger partial charge in [0, 0.05) is 23.5 Å². The summed E-state index contributed by atoms with van der Waals surface area (Å²) in [4.78, 5) is 48.9. The van der Waals surface area contributed by atoms with Crippen LogP contribution in [0.25, 0.3) is 0 Å². The van der Waals surface area contributed by atoms with Gasteiger partial charge in [-0.25, -0.2) is 14.6 Å². The molecule has 262 valence electrons. The SMILES string of the molecule is CC(C)c1nc(CNC(=O)NC(C(=O)NC(Cc2ccccc2)CC(O)C(Cc2ccccc2)NC(=O)OCc2cncs2)C(C)C)cs1. The Bertz CT molecular complexity index is 1580. The molecule has 0 fully saturated rings. The lowest BCUT2D eigenvalue weighted by molar-refractivity contribution is -0.124. The number of ether oxygens (including phenoxy) is 1. The van der Waals surface area contributed by atoms with Crippen LogP contribution in [0.3, 0.4) is 0 Å². The number of aliphatic hydroxyl groups is 1. The Morgan fingerprint density at radius 1 is 0.878 bits per heavy atom. The van der Waals surface area contributed by atoms with Crippen molar-refractivity contribution in [3.05, 3.63) is 104 Å². The fraction of sp³-hybridized carbons (Fsp3) is 0.417. The lowest BCUT2D eigenvalue weighted by Gasteiger charge is -2.30. The van der Waals surface area contributed by atoms with E-state index in [-0.39, 0.29) is 31.4 Å². The third kappa shape index (κ3) is 12.6. The molecule has 4 rings (SSSR count). The van der Waals surface area contributed by atoms with Gasteiger partial charge in [-0.05, 0) is 36.3 Å². The zero-order valence-corrected chi connectivity index (χ0v) is 29.9. The van der Waals surface area contributed by atoms with Crippen molar-refractivity contribution in [1.82, 2.24) is 31.2 Å². The Hall–Kier alpha value is -4.33. The highest BCUT2D eigenvalue weighted by Gasteiger charge is 2.30. The van der Waals surface area contributed by atoms with Crippen molar-refractivity contribution in [2.24, 2.45) is 5.92 Å². The number of rotatable bonds is 17. The summed E-state index contributed by atoms with van der Waals surface area (Å²) in [5.74, 6) is -0.289. The second-order valence-corrected chi connectivity index (χ2v) is 14.4. The maximum absolute atomic E-state index is 13.8. The average molecular weight is 707 g/mol. The van der Waals surface area contributed by atoms with Gasteiger partial charge in [0.2, 0.25) is 5.91 Å². The van der Waals surface area contributed by atoms with Crippen molar-refractivity contribution in [1.29, 1.82) is 0 Å². The maximum atomic E-state index is 13.8. The van der Waals surface area contributed by atoms with Gasteiger partial charge in [-0.2, -0.15) is 0 Å². The first kappa shape index (κ1) is 37.5. The number of amides is 4. The molecule has 0 aliphatic heterocycles. The quantitative estimate of drug-likeness (QED) is 0.0963. The van der Waals surface area contributed by atoms with Gasteiger partial charge in [0.1, 0.15) is 12.6 Å². The van der Waals surface area contributed by atoms with Crippen LogP contribution in [0.2, 0.25) is 0 Å². The first-order valence-electron chi connectivity index (χ1n) is 16.4. The summed E-state index contributed by atoms with van der Waals surface area (Å²) in [5.41, 5.74) is 4.31. The smallest absolute Gasteiger partial charge is 0.407 e. The number of carbonyl (C=O) groups excluding carboxylic acids is 3. The summed E-state index contributed by atoms with van der Waals surface area (Å²) >= 11 is 2.93. The number of aliphatic hydroxyl groups excluding tert-OH is 1. The number of hydrogen-bond acceptors (Lipinski definition) is 9. The van der Waals surface area contributed by atoms with E-state index >= 15 is 0 Å². The van der Waals surface area contributed by atoms with Crippen molar-refractivity contribution < 1.29 is 24.2 Å². The molecular formula is C36H46N6O5S2. The maximum Gasteiger partial charge on any atom is 0.407 e. The van der Waals surface area contributed by atoms with Gasteiger partial charge in [0.25, 0.3) is 0 Å². The fourth-order valence-corrected chi connectivity index (χ4v) is 6.54. The molecule has 0 aliphatic rings. The minimum absolute atomic E-state index is 0.0667. The van der Waals surface area contributed by atoms with E-state index in [9.17, 15) is 19.5 Å². The third-order valence-electron chi connectivity index (χ3n) is 7.82. The molecule has 0 spiro atoms. The Kier molecular flexibility index (Phi) is 14.5. The zero-order chi connectivity index (χ0) is 35.2. The van der Waals surface area contributed by atoms with Crippen LogP contribution >= 0.6 is 22.7 Å². The number of alkyl carbamates (subject to hydrolysis) is 1. The lowest BCUT2D eigenvalue weighted by atomic mass is 9.93. The topological polar surface area (TPSA) is 155 Å². The lowest BCUT2D eigenvalue weighted by Crippen LogP contribution is -2.55. The fourth-order valence-electron chi connectivity index (χ4n) is 5.20. The van der Waals surface area contributed by atoms with Gasteiger partial charge in [-0.1, -0.05) is 88.4 Å². The molecule has 2 aromatic carbocycles. The summed E-state index contributed by atoms with van der Waals surface area (Å²) < 4.78 is 5.41. The molecule has 0 saturated carbocycles. The predicted octanol–water partition coefficient (Wildman–Crippen LogP) is 5.56. The van der Waals surface area contributed by atoms with Crippen LogP contribution in [0.1, 0.15) is 66.7 Å². The van der Waals surface area contributed by atoms with Crippen molar-refractivity contribution >= 4 is 40.7 Å². The van der Waals surface area contributed by atoms with Crippen LogP contribution in [0.4, 0.5) is 9.59 Å². The molecule has 2 aromatic heterocycles. The Morgan fingerprint density at radius 2 is 1.55 bits per heavy atom. The summed E-state index contributed by atoms with van der Waals surface area (Å²) in [5, 5.41) is 26.1. The van der Waals surface area contributed by atoms with E-state index in [1.807, 2.05) is 79.9 Å². The standard InChI is InChI=1S/C36H46N6O5S2/c1-23(2)32(42-35(45)38-18-28-21-48-34(40-28)24(3)4)33(44)39-27(15-25-11-7-5-8-12-25)17-31(43)30(16-26-13-9-6-10-14-26)41-36(46)47-20-29-19-37-22-49-29/h5-14,19,21-24,27,30-32,43H,15-18,20H2,1-4H3,(H,39,44)(H,41,46)(H2,38,42,45). The van der Waals surface area contributed by atoms with E-state index in [0.717, 1.165) is 26.7 Å². The third-order valence-corrected chi connectivity index (χ3v) is 9.77. The second kappa shape index (κ2) is 19.0. The van der Waals surface area contributed by atoms with Gasteiger partial charge < -0.3 is 31.1 Å². The molecule has 11 nitrogen and oxygen atoms in total. The molecule has 2 heterocycles. The number of benzene rings is 2. The highest BCUT2D eigenvalue weighted by Crippen LogP contribution is 2.19. The molecular weight excluding hydrogens is 661 g/mol. The first-order valence-corrected chi connectivity index (χ1v) is 18.2. The van der Waals surface area contributed by atoms with Crippen molar-refractivity contribution in [3.63, 3.8) is 0 Å². The van der Waals surface area contributed by atoms with Gasteiger partial charge >= 0.3 is 12.1 Å². The minimum Gasteiger partial charge on any atom is -0.444 e. The number of hydrogen-bond donors (Lipinski definition) is 5. The zero-order valence-electron chi connectivity index (χ0n) is 28.3. The van der Waals surface area contributed by atoms with E-state index < -0.39 is 36.4 Å². The van der Waals surface area contributed by atoms with Crippen molar-refractivity contribution in [3.8, 4) is 0 Å². The molecule has 4 atom stereocenters. The highest BCUT2D eigenvalue weighted by molar-refractivity contribution is 7.09. The van der Waals surface area contributed by atoms with Gasteiger partial charge in [-0.3, -0.25) is 9.78 Å². The molecule has 4 aromatic rings. The monoisotopic (exact) mass is 706 g/mol. The van der Waals surface area contributed by atoms with Crippen LogP contribution < -0.4 is 21.3 Å². The average Bonchev–Trinajstić information content (AvgIpc) is 3.79. The summed E-state index contributed by atoms with van der Waals surface area (Å²) in [7, 11) is 0. The van der Waals surface area contributed by atoms with Crippen LogP contribution in [0.5, 0.6) is 0 Å². The largest absolute Gasteiger partial charge is 0.444 e.